The van der Waals surface area contributed by atoms with Crippen LogP contribution in [-0.2, 0) is 21.4 Å². The van der Waals surface area contributed by atoms with Gasteiger partial charge < -0.3 is 9.84 Å². The summed E-state index contributed by atoms with van der Waals surface area (Å²) in [6.45, 7) is 3.94. The monoisotopic (exact) mass is 365 g/mol. The van der Waals surface area contributed by atoms with Crippen molar-refractivity contribution < 1.29 is 18.3 Å². The molecule has 5 nitrogen and oxygen atoms in total. The summed E-state index contributed by atoms with van der Waals surface area (Å²) in [6, 6.07) is 4.42. The minimum Gasteiger partial charge on any atom is -0.392 e. The van der Waals surface area contributed by atoms with Crippen LogP contribution in [0.5, 0.6) is 0 Å². The number of benzene rings is 1. The Morgan fingerprint density at radius 2 is 2.05 bits per heavy atom. The standard InChI is InChI=1S/C13H20BrNO4S/c1-9(2)12(8-19-3)15-20(17,18)13-6-10(7-16)4-5-11(13)14/h4-6,9,12,15-16H,7-8H2,1-3H3. The summed E-state index contributed by atoms with van der Waals surface area (Å²) in [5.41, 5.74) is 0.543. The average Bonchev–Trinajstić information content (AvgIpc) is 2.38. The number of aliphatic hydroxyl groups excluding tert-OH is 1. The minimum absolute atomic E-state index is 0.101. The summed E-state index contributed by atoms with van der Waals surface area (Å²) >= 11 is 3.23. The topological polar surface area (TPSA) is 75.6 Å². The van der Waals surface area contributed by atoms with Gasteiger partial charge in [0, 0.05) is 17.6 Å². The molecule has 0 aromatic heterocycles. The number of halogens is 1. The van der Waals surface area contributed by atoms with E-state index in [2.05, 4.69) is 20.7 Å². The van der Waals surface area contributed by atoms with E-state index < -0.39 is 10.0 Å². The van der Waals surface area contributed by atoms with Crippen LogP contribution in [0.25, 0.3) is 0 Å². The molecule has 0 amide bonds. The second-order valence-corrected chi connectivity index (χ2v) is 7.39. The molecule has 0 saturated heterocycles. The van der Waals surface area contributed by atoms with Crippen molar-refractivity contribution in [2.24, 2.45) is 5.92 Å². The Hall–Kier alpha value is -0.470. The molecular formula is C13H20BrNO4S. The molecule has 114 valence electrons. The summed E-state index contributed by atoms with van der Waals surface area (Å²) in [5.74, 6) is 0.101. The third kappa shape index (κ3) is 4.53. The molecule has 0 aliphatic carbocycles. The average molecular weight is 366 g/mol. The number of rotatable bonds is 7. The molecule has 1 atom stereocenters. The third-order valence-electron chi connectivity index (χ3n) is 2.93. The van der Waals surface area contributed by atoms with Crippen molar-refractivity contribution in [3.63, 3.8) is 0 Å². The summed E-state index contributed by atoms with van der Waals surface area (Å²) in [5, 5.41) is 9.12. The molecule has 1 unspecified atom stereocenters. The summed E-state index contributed by atoms with van der Waals surface area (Å²) in [7, 11) is -2.14. The minimum atomic E-state index is -3.68. The molecule has 0 heterocycles. The first-order valence-corrected chi connectivity index (χ1v) is 8.50. The van der Waals surface area contributed by atoms with Crippen molar-refractivity contribution >= 4 is 26.0 Å². The van der Waals surface area contributed by atoms with E-state index in [9.17, 15) is 8.42 Å². The molecule has 0 bridgehead atoms. The smallest absolute Gasteiger partial charge is 0.242 e. The molecule has 1 rings (SSSR count). The Bertz CT molecular complexity index is 545. The number of ether oxygens (including phenoxy) is 1. The summed E-state index contributed by atoms with van der Waals surface area (Å²) in [6.07, 6.45) is 0. The molecule has 0 radical (unpaired) electrons. The fourth-order valence-corrected chi connectivity index (χ4v) is 4.04. The highest BCUT2D eigenvalue weighted by Crippen LogP contribution is 2.24. The van der Waals surface area contributed by atoms with Gasteiger partial charge in [-0.25, -0.2) is 13.1 Å². The molecule has 1 aromatic rings. The lowest BCUT2D eigenvalue weighted by molar-refractivity contribution is 0.157. The van der Waals surface area contributed by atoms with E-state index >= 15 is 0 Å². The summed E-state index contributed by atoms with van der Waals surface area (Å²) < 4.78 is 33.0. The van der Waals surface area contributed by atoms with Gasteiger partial charge in [-0.3, -0.25) is 0 Å². The van der Waals surface area contributed by atoms with Gasteiger partial charge in [0.1, 0.15) is 0 Å². The lowest BCUT2D eigenvalue weighted by Gasteiger charge is -2.22. The third-order valence-corrected chi connectivity index (χ3v) is 5.41. The number of hydrogen-bond donors (Lipinski definition) is 2. The van der Waals surface area contributed by atoms with Crippen molar-refractivity contribution in [2.75, 3.05) is 13.7 Å². The first kappa shape index (κ1) is 17.6. The number of sulfonamides is 1. The van der Waals surface area contributed by atoms with E-state index in [4.69, 9.17) is 9.84 Å². The van der Waals surface area contributed by atoms with Gasteiger partial charge in [-0.1, -0.05) is 19.9 Å². The zero-order chi connectivity index (χ0) is 15.3. The lowest BCUT2D eigenvalue weighted by Crippen LogP contribution is -2.41. The maximum atomic E-state index is 12.4. The lowest BCUT2D eigenvalue weighted by atomic mass is 10.1. The predicted octanol–water partition coefficient (Wildman–Crippen LogP) is 1.89. The fourth-order valence-electron chi connectivity index (χ4n) is 1.66. The van der Waals surface area contributed by atoms with Crippen LogP contribution < -0.4 is 4.72 Å². The van der Waals surface area contributed by atoms with E-state index in [1.54, 1.807) is 12.1 Å². The van der Waals surface area contributed by atoms with Crippen molar-refractivity contribution in [3.05, 3.63) is 28.2 Å². The van der Waals surface area contributed by atoms with E-state index in [-0.39, 0.29) is 23.5 Å². The fraction of sp³-hybridized carbons (Fsp3) is 0.538. The Balaban J connectivity index is 3.09. The van der Waals surface area contributed by atoms with E-state index in [1.807, 2.05) is 13.8 Å². The number of aliphatic hydroxyl groups is 1. The predicted molar refractivity (Wildman–Crippen MR) is 80.9 cm³/mol. The SMILES string of the molecule is COCC(NS(=O)(=O)c1cc(CO)ccc1Br)C(C)C. The number of methoxy groups -OCH3 is 1. The van der Waals surface area contributed by atoms with Crippen LogP contribution in [0.3, 0.4) is 0 Å². The second kappa shape index (κ2) is 7.51. The van der Waals surface area contributed by atoms with E-state index in [1.165, 1.54) is 13.2 Å². The maximum Gasteiger partial charge on any atom is 0.242 e. The molecule has 0 spiro atoms. The van der Waals surface area contributed by atoms with Crippen LogP contribution in [0.15, 0.2) is 27.6 Å². The van der Waals surface area contributed by atoms with Gasteiger partial charge in [0.25, 0.3) is 0 Å². The van der Waals surface area contributed by atoms with Gasteiger partial charge in [-0.15, -0.1) is 0 Å². The first-order chi connectivity index (χ1) is 9.31. The van der Waals surface area contributed by atoms with Crippen LogP contribution >= 0.6 is 15.9 Å². The van der Waals surface area contributed by atoms with Crippen molar-refractivity contribution in [1.82, 2.24) is 4.72 Å². The van der Waals surface area contributed by atoms with Crippen LogP contribution in [0.1, 0.15) is 19.4 Å². The first-order valence-electron chi connectivity index (χ1n) is 6.22. The van der Waals surface area contributed by atoms with Gasteiger partial charge in [0.2, 0.25) is 10.0 Å². The highest BCUT2D eigenvalue weighted by Gasteiger charge is 2.24. The normalized spacial score (nSPS) is 13.7. The largest absolute Gasteiger partial charge is 0.392 e. The molecule has 0 saturated carbocycles. The number of hydrogen-bond acceptors (Lipinski definition) is 4. The zero-order valence-corrected chi connectivity index (χ0v) is 14.2. The Morgan fingerprint density at radius 3 is 2.55 bits per heavy atom. The Labute approximate surface area is 128 Å². The van der Waals surface area contributed by atoms with Gasteiger partial charge in [-0.05, 0) is 39.5 Å². The van der Waals surface area contributed by atoms with Gasteiger partial charge >= 0.3 is 0 Å². The van der Waals surface area contributed by atoms with Crippen molar-refractivity contribution in [1.29, 1.82) is 0 Å². The molecule has 7 heteroatoms. The molecule has 0 fully saturated rings. The van der Waals surface area contributed by atoms with Gasteiger partial charge in [0.05, 0.1) is 18.1 Å². The van der Waals surface area contributed by atoms with Crippen LogP contribution in [0.2, 0.25) is 0 Å². The van der Waals surface area contributed by atoms with Crippen molar-refractivity contribution in [3.8, 4) is 0 Å². The summed E-state index contributed by atoms with van der Waals surface area (Å²) in [4.78, 5) is 0.116. The molecule has 2 N–H and O–H groups in total. The highest BCUT2D eigenvalue weighted by molar-refractivity contribution is 9.10. The van der Waals surface area contributed by atoms with Gasteiger partial charge in [0.15, 0.2) is 0 Å². The molecule has 1 aromatic carbocycles. The van der Waals surface area contributed by atoms with Crippen LogP contribution in [0.4, 0.5) is 0 Å². The van der Waals surface area contributed by atoms with Crippen molar-refractivity contribution in [2.45, 2.75) is 31.4 Å². The molecule has 0 aliphatic heterocycles. The van der Waals surface area contributed by atoms with Crippen LogP contribution in [0, 0.1) is 5.92 Å². The quantitative estimate of drug-likeness (QED) is 0.773. The molecule has 0 aliphatic rings. The van der Waals surface area contributed by atoms with Crippen LogP contribution in [-0.4, -0.2) is 33.3 Å². The molecular weight excluding hydrogens is 346 g/mol. The highest BCUT2D eigenvalue weighted by atomic mass is 79.9. The van der Waals surface area contributed by atoms with E-state index in [0.717, 1.165) is 0 Å². The molecule has 20 heavy (non-hydrogen) atoms. The van der Waals surface area contributed by atoms with Gasteiger partial charge in [-0.2, -0.15) is 0 Å². The van der Waals surface area contributed by atoms with E-state index in [0.29, 0.717) is 16.6 Å². The second-order valence-electron chi connectivity index (χ2n) is 4.85. The zero-order valence-electron chi connectivity index (χ0n) is 11.8. The Morgan fingerprint density at radius 1 is 1.40 bits per heavy atom. The maximum absolute atomic E-state index is 12.4. The Kier molecular flexibility index (Phi) is 6.60. The number of nitrogens with one attached hydrogen (secondary N) is 1.